The van der Waals surface area contributed by atoms with Gasteiger partial charge in [0.1, 0.15) is 17.3 Å². The summed E-state index contributed by atoms with van der Waals surface area (Å²) < 4.78 is 69.7. The zero-order valence-electron chi connectivity index (χ0n) is 15.1. The van der Waals surface area contributed by atoms with Gasteiger partial charge in [0.05, 0.1) is 12.5 Å². The molecule has 7 nitrogen and oxygen atoms in total. The molecule has 0 bridgehead atoms. The first-order valence-electron chi connectivity index (χ1n) is 8.59. The minimum atomic E-state index is -4.69. The van der Waals surface area contributed by atoms with E-state index in [0.29, 0.717) is 11.3 Å². The van der Waals surface area contributed by atoms with Gasteiger partial charge in [-0.1, -0.05) is 6.07 Å². The summed E-state index contributed by atoms with van der Waals surface area (Å²) in [4.78, 5) is 24.7. The standard InChI is InChI=1S/C16H21F3N2O5S2/c1-2-26-13(22)10-20(11-16(17,18)19)15(23)12-5-3-7-21(9-12)28(24,25)14-6-4-8-27-14/h4,6,8,12H,2-3,5,7,9-11H2,1H3. The molecule has 1 aromatic rings. The molecule has 2 rings (SSSR count). The summed E-state index contributed by atoms with van der Waals surface area (Å²) in [7, 11) is -3.81. The number of carbonyl (C=O) groups excluding carboxylic acids is 2. The normalized spacial score (nSPS) is 18.6. The van der Waals surface area contributed by atoms with Crippen LogP contribution in [0.5, 0.6) is 0 Å². The molecule has 0 aromatic carbocycles. The molecular weight excluding hydrogens is 421 g/mol. The molecular formula is C16H21F3N2O5S2. The summed E-state index contributed by atoms with van der Waals surface area (Å²) in [5.41, 5.74) is 0. The van der Waals surface area contributed by atoms with Crippen molar-refractivity contribution >= 4 is 33.2 Å². The maximum Gasteiger partial charge on any atom is 0.406 e. The highest BCUT2D eigenvalue weighted by molar-refractivity contribution is 7.91. The summed E-state index contributed by atoms with van der Waals surface area (Å²) in [6.07, 6.45) is -4.12. The molecule has 1 amide bonds. The van der Waals surface area contributed by atoms with Crippen LogP contribution < -0.4 is 0 Å². The van der Waals surface area contributed by atoms with Gasteiger partial charge in [-0.2, -0.15) is 17.5 Å². The Morgan fingerprint density at radius 1 is 1.39 bits per heavy atom. The molecule has 1 unspecified atom stereocenters. The Morgan fingerprint density at radius 3 is 2.68 bits per heavy atom. The molecule has 1 saturated heterocycles. The molecule has 12 heteroatoms. The number of esters is 1. The second-order valence-corrected chi connectivity index (χ2v) is 9.36. The third kappa shape index (κ3) is 5.92. The van der Waals surface area contributed by atoms with Crippen molar-refractivity contribution in [2.45, 2.75) is 30.2 Å². The van der Waals surface area contributed by atoms with Crippen molar-refractivity contribution in [2.24, 2.45) is 5.92 Å². The van der Waals surface area contributed by atoms with Crippen LogP contribution in [0, 0.1) is 5.92 Å². The van der Waals surface area contributed by atoms with Crippen molar-refractivity contribution < 1.29 is 35.9 Å². The van der Waals surface area contributed by atoms with Crippen molar-refractivity contribution in [2.75, 3.05) is 32.8 Å². The van der Waals surface area contributed by atoms with E-state index in [-0.39, 0.29) is 30.3 Å². The van der Waals surface area contributed by atoms with Gasteiger partial charge in [0.2, 0.25) is 5.91 Å². The van der Waals surface area contributed by atoms with E-state index in [1.807, 2.05) is 0 Å². The van der Waals surface area contributed by atoms with Crippen molar-refractivity contribution in [3.63, 3.8) is 0 Å². The first-order chi connectivity index (χ1) is 13.0. The number of carbonyl (C=O) groups is 2. The van der Waals surface area contributed by atoms with E-state index < -0.39 is 47.1 Å². The number of hydrogen-bond donors (Lipinski definition) is 0. The van der Waals surface area contributed by atoms with Gasteiger partial charge in [-0.25, -0.2) is 8.42 Å². The molecule has 158 valence electrons. The first kappa shape index (κ1) is 22.6. The van der Waals surface area contributed by atoms with Crippen LogP contribution in [0.2, 0.25) is 0 Å². The quantitative estimate of drug-likeness (QED) is 0.604. The highest BCUT2D eigenvalue weighted by Gasteiger charge is 2.39. The Kier molecular flexibility index (Phi) is 7.46. The maximum absolute atomic E-state index is 12.9. The van der Waals surface area contributed by atoms with E-state index in [4.69, 9.17) is 0 Å². The average Bonchev–Trinajstić information content (AvgIpc) is 3.15. The number of sulfonamides is 1. The van der Waals surface area contributed by atoms with Crippen molar-refractivity contribution in [1.29, 1.82) is 0 Å². The molecule has 2 heterocycles. The predicted octanol–water partition coefficient (Wildman–Crippen LogP) is 2.10. The molecule has 0 N–H and O–H groups in total. The van der Waals surface area contributed by atoms with E-state index in [9.17, 15) is 31.2 Å². The summed E-state index contributed by atoms with van der Waals surface area (Å²) in [5, 5.41) is 1.60. The Hall–Kier alpha value is -1.66. The fourth-order valence-corrected chi connectivity index (χ4v) is 5.62. The number of hydrogen-bond acceptors (Lipinski definition) is 6. The average molecular weight is 442 g/mol. The van der Waals surface area contributed by atoms with Crippen molar-refractivity contribution in [1.82, 2.24) is 9.21 Å². The van der Waals surface area contributed by atoms with Crippen LogP contribution in [-0.2, 0) is 24.3 Å². The van der Waals surface area contributed by atoms with Gasteiger partial charge < -0.3 is 9.64 Å². The largest absolute Gasteiger partial charge is 0.465 e. The van der Waals surface area contributed by atoms with Gasteiger partial charge in [-0.05, 0) is 31.2 Å². The number of thiophene rings is 1. The first-order valence-corrected chi connectivity index (χ1v) is 10.9. The zero-order valence-corrected chi connectivity index (χ0v) is 16.8. The van der Waals surface area contributed by atoms with Crippen LogP contribution in [0.15, 0.2) is 21.7 Å². The molecule has 0 aliphatic carbocycles. The molecule has 1 aromatic heterocycles. The van der Waals surface area contributed by atoms with Gasteiger partial charge in [0.25, 0.3) is 10.0 Å². The van der Waals surface area contributed by atoms with Crippen molar-refractivity contribution in [3.8, 4) is 0 Å². The molecule has 0 saturated carbocycles. The third-order valence-corrected chi connectivity index (χ3v) is 7.37. The SMILES string of the molecule is CCOC(=O)CN(CC(F)(F)F)C(=O)C1CCCN(S(=O)(=O)c2cccs2)C1. The number of rotatable bonds is 7. The minimum absolute atomic E-state index is 0.0247. The second kappa shape index (κ2) is 9.23. The minimum Gasteiger partial charge on any atom is -0.465 e. The van der Waals surface area contributed by atoms with Crippen LogP contribution in [0.1, 0.15) is 19.8 Å². The predicted molar refractivity (Wildman–Crippen MR) is 95.1 cm³/mol. The fraction of sp³-hybridized carbons (Fsp3) is 0.625. The van der Waals surface area contributed by atoms with Crippen LogP contribution in [0.3, 0.4) is 0 Å². The Bertz CT molecular complexity index is 781. The summed E-state index contributed by atoms with van der Waals surface area (Å²) in [5.74, 6) is -2.81. The number of nitrogens with zero attached hydrogens (tertiary/aromatic N) is 2. The lowest BCUT2D eigenvalue weighted by molar-refractivity contribution is -0.169. The van der Waals surface area contributed by atoms with E-state index >= 15 is 0 Å². The summed E-state index contributed by atoms with van der Waals surface area (Å²) in [6.45, 7) is -0.998. The third-order valence-electron chi connectivity index (χ3n) is 4.13. The highest BCUT2D eigenvalue weighted by Crippen LogP contribution is 2.28. The zero-order chi connectivity index (χ0) is 20.9. The maximum atomic E-state index is 12.9. The van der Waals surface area contributed by atoms with Gasteiger partial charge in [0.15, 0.2) is 0 Å². The van der Waals surface area contributed by atoms with Gasteiger partial charge in [-0.15, -0.1) is 11.3 Å². The molecule has 1 fully saturated rings. The molecule has 1 aliphatic rings. The van der Waals surface area contributed by atoms with Gasteiger partial charge in [0, 0.05) is 13.1 Å². The molecule has 0 radical (unpaired) electrons. The number of amides is 1. The number of halogens is 3. The van der Waals surface area contributed by atoms with Gasteiger partial charge >= 0.3 is 12.1 Å². The second-order valence-electron chi connectivity index (χ2n) is 6.25. The van der Waals surface area contributed by atoms with Crippen molar-refractivity contribution in [3.05, 3.63) is 17.5 Å². The number of piperidine rings is 1. The van der Waals surface area contributed by atoms with Crippen LogP contribution in [0.25, 0.3) is 0 Å². The van der Waals surface area contributed by atoms with E-state index in [1.165, 1.54) is 13.0 Å². The fourth-order valence-electron chi connectivity index (χ4n) is 2.95. The molecule has 0 spiro atoms. The van der Waals surface area contributed by atoms with Crippen LogP contribution >= 0.6 is 11.3 Å². The number of ether oxygens (including phenoxy) is 1. The van der Waals surface area contributed by atoms with Crippen LogP contribution in [-0.4, -0.2) is 68.5 Å². The summed E-state index contributed by atoms with van der Waals surface area (Å²) in [6, 6.07) is 3.01. The van der Waals surface area contributed by atoms with Gasteiger partial charge in [-0.3, -0.25) is 9.59 Å². The summed E-state index contributed by atoms with van der Waals surface area (Å²) >= 11 is 1.03. The molecule has 28 heavy (non-hydrogen) atoms. The Labute approximate surface area is 165 Å². The van der Waals surface area contributed by atoms with E-state index in [1.54, 1.807) is 11.4 Å². The molecule has 1 atom stereocenters. The Balaban J connectivity index is 2.15. The number of alkyl halides is 3. The molecule has 1 aliphatic heterocycles. The lowest BCUT2D eigenvalue weighted by atomic mass is 9.98. The Morgan fingerprint density at radius 2 is 2.11 bits per heavy atom. The lowest BCUT2D eigenvalue weighted by Gasteiger charge is -2.34. The highest BCUT2D eigenvalue weighted by atomic mass is 32.2. The smallest absolute Gasteiger partial charge is 0.406 e. The topological polar surface area (TPSA) is 84.0 Å². The monoisotopic (exact) mass is 442 g/mol. The lowest BCUT2D eigenvalue weighted by Crippen LogP contribution is -2.50. The van der Waals surface area contributed by atoms with E-state index in [0.717, 1.165) is 15.6 Å². The van der Waals surface area contributed by atoms with E-state index in [2.05, 4.69) is 4.74 Å². The van der Waals surface area contributed by atoms with Crippen LogP contribution in [0.4, 0.5) is 13.2 Å².